The minimum Gasteiger partial charge on any atom is -0.381 e. The van der Waals surface area contributed by atoms with Crippen LogP contribution in [0.25, 0.3) is 0 Å². The molecule has 124 valence electrons. The van der Waals surface area contributed by atoms with Crippen LogP contribution < -0.4 is 11.1 Å². The van der Waals surface area contributed by atoms with Crippen molar-refractivity contribution in [1.29, 1.82) is 0 Å². The second-order valence-corrected chi connectivity index (χ2v) is 6.09. The van der Waals surface area contributed by atoms with Crippen molar-refractivity contribution < 1.29 is 9.53 Å². The van der Waals surface area contributed by atoms with Gasteiger partial charge in [0, 0.05) is 19.8 Å². The third kappa shape index (κ3) is 5.27. The van der Waals surface area contributed by atoms with E-state index in [1.165, 1.54) is 5.56 Å². The van der Waals surface area contributed by atoms with Crippen LogP contribution >= 0.6 is 12.4 Å². The highest BCUT2D eigenvalue weighted by molar-refractivity contribution is 5.85. The largest absolute Gasteiger partial charge is 0.381 e. The molecule has 0 spiro atoms. The Bertz CT molecular complexity index is 456. The summed E-state index contributed by atoms with van der Waals surface area (Å²) in [4.78, 5) is 12.1. The molecule has 0 aliphatic carbocycles. The van der Waals surface area contributed by atoms with Crippen LogP contribution in [0.5, 0.6) is 0 Å². The number of hydrogen-bond donors (Lipinski definition) is 2. The molecule has 2 rings (SSSR count). The van der Waals surface area contributed by atoms with E-state index in [4.69, 9.17) is 10.5 Å². The number of carbonyl (C=O) groups is 1. The number of benzene rings is 1. The second kappa shape index (κ2) is 9.13. The van der Waals surface area contributed by atoms with E-state index in [0.29, 0.717) is 25.7 Å². The van der Waals surface area contributed by atoms with Gasteiger partial charge in [0.15, 0.2) is 0 Å². The SMILES string of the molecule is CC(C)c1ccc(CNC(=O)C(N)C2CCOCC2)cc1.Cl. The lowest BCUT2D eigenvalue weighted by molar-refractivity contribution is -0.124. The molecule has 1 heterocycles. The molecule has 1 aromatic rings. The van der Waals surface area contributed by atoms with E-state index in [1.807, 2.05) is 0 Å². The Morgan fingerprint density at radius 2 is 1.86 bits per heavy atom. The number of amides is 1. The van der Waals surface area contributed by atoms with E-state index >= 15 is 0 Å². The molecule has 0 bridgehead atoms. The lowest BCUT2D eigenvalue weighted by Gasteiger charge is -2.26. The summed E-state index contributed by atoms with van der Waals surface area (Å²) in [6.07, 6.45) is 1.75. The molecule has 1 aliphatic rings. The Hall–Kier alpha value is -1.10. The van der Waals surface area contributed by atoms with Crippen molar-refractivity contribution >= 4 is 18.3 Å². The zero-order valence-corrected chi connectivity index (χ0v) is 14.2. The number of nitrogens with two attached hydrogens (primary N) is 1. The van der Waals surface area contributed by atoms with Crippen molar-refractivity contribution in [3.05, 3.63) is 35.4 Å². The number of rotatable bonds is 5. The summed E-state index contributed by atoms with van der Waals surface area (Å²) >= 11 is 0. The van der Waals surface area contributed by atoms with Gasteiger partial charge in [0.25, 0.3) is 0 Å². The maximum Gasteiger partial charge on any atom is 0.237 e. The van der Waals surface area contributed by atoms with Crippen LogP contribution in [0.4, 0.5) is 0 Å². The third-order valence-electron chi connectivity index (χ3n) is 4.19. The monoisotopic (exact) mass is 326 g/mol. The summed E-state index contributed by atoms with van der Waals surface area (Å²) in [5.74, 6) is 0.701. The molecule has 0 radical (unpaired) electrons. The standard InChI is InChI=1S/C17H26N2O2.ClH/c1-12(2)14-5-3-13(4-6-14)11-19-17(20)16(18)15-7-9-21-10-8-15;/h3-6,12,15-16H,7-11,18H2,1-2H3,(H,19,20);1H. The summed E-state index contributed by atoms with van der Waals surface area (Å²) < 4.78 is 5.30. The van der Waals surface area contributed by atoms with Crippen molar-refractivity contribution in [3.8, 4) is 0 Å². The molecule has 22 heavy (non-hydrogen) atoms. The van der Waals surface area contributed by atoms with E-state index < -0.39 is 6.04 Å². The van der Waals surface area contributed by atoms with Crippen molar-refractivity contribution in [3.63, 3.8) is 0 Å². The summed E-state index contributed by atoms with van der Waals surface area (Å²) in [5.41, 5.74) is 8.47. The zero-order valence-electron chi connectivity index (χ0n) is 13.4. The molecule has 1 aliphatic heterocycles. The first kappa shape index (κ1) is 18.9. The molecule has 0 aromatic heterocycles. The van der Waals surface area contributed by atoms with E-state index in [0.717, 1.165) is 18.4 Å². The predicted molar refractivity (Wildman–Crippen MR) is 91.1 cm³/mol. The van der Waals surface area contributed by atoms with Crippen molar-refractivity contribution in [2.24, 2.45) is 11.7 Å². The van der Waals surface area contributed by atoms with Gasteiger partial charge in [-0.05, 0) is 35.8 Å². The van der Waals surface area contributed by atoms with Crippen LogP contribution in [0, 0.1) is 5.92 Å². The number of carbonyl (C=O) groups excluding carboxylic acids is 1. The Kier molecular flexibility index (Phi) is 7.87. The first-order chi connectivity index (χ1) is 10.1. The van der Waals surface area contributed by atoms with Gasteiger partial charge in [-0.2, -0.15) is 0 Å². The van der Waals surface area contributed by atoms with Gasteiger partial charge in [-0.3, -0.25) is 4.79 Å². The quantitative estimate of drug-likeness (QED) is 0.874. The maximum absolute atomic E-state index is 12.1. The van der Waals surface area contributed by atoms with Crippen LogP contribution in [0.3, 0.4) is 0 Å². The fourth-order valence-electron chi connectivity index (χ4n) is 2.62. The van der Waals surface area contributed by atoms with E-state index in [9.17, 15) is 4.79 Å². The summed E-state index contributed by atoms with van der Waals surface area (Å²) in [6, 6.07) is 7.93. The molecule has 5 heteroatoms. The zero-order chi connectivity index (χ0) is 15.2. The molecule has 1 unspecified atom stereocenters. The van der Waals surface area contributed by atoms with E-state index in [2.05, 4.69) is 43.4 Å². The van der Waals surface area contributed by atoms with Crippen molar-refractivity contribution in [2.45, 2.75) is 45.2 Å². The average molecular weight is 327 g/mol. The van der Waals surface area contributed by atoms with Gasteiger partial charge in [0.1, 0.15) is 0 Å². The van der Waals surface area contributed by atoms with Crippen LogP contribution in [-0.4, -0.2) is 25.2 Å². The normalized spacial score (nSPS) is 16.9. The van der Waals surface area contributed by atoms with Gasteiger partial charge in [-0.25, -0.2) is 0 Å². The first-order valence-electron chi connectivity index (χ1n) is 7.78. The van der Waals surface area contributed by atoms with Crippen molar-refractivity contribution in [1.82, 2.24) is 5.32 Å². The minimum absolute atomic E-state index is 0. The molecule has 1 aromatic carbocycles. The Morgan fingerprint density at radius 3 is 2.41 bits per heavy atom. The van der Waals surface area contributed by atoms with Gasteiger partial charge in [0.2, 0.25) is 5.91 Å². The van der Waals surface area contributed by atoms with Crippen LogP contribution in [0.1, 0.15) is 43.7 Å². The molecule has 1 saturated heterocycles. The van der Waals surface area contributed by atoms with Crippen LogP contribution in [-0.2, 0) is 16.1 Å². The molecular formula is C17H27ClN2O2. The Balaban J connectivity index is 0.00000242. The van der Waals surface area contributed by atoms with Gasteiger partial charge in [-0.1, -0.05) is 38.1 Å². The first-order valence-corrected chi connectivity index (χ1v) is 7.78. The lowest BCUT2D eigenvalue weighted by atomic mass is 9.92. The fourth-order valence-corrected chi connectivity index (χ4v) is 2.62. The van der Waals surface area contributed by atoms with Crippen LogP contribution in [0.15, 0.2) is 24.3 Å². The van der Waals surface area contributed by atoms with E-state index in [1.54, 1.807) is 0 Å². The second-order valence-electron chi connectivity index (χ2n) is 6.09. The maximum atomic E-state index is 12.1. The number of halogens is 1. The fraction of sp³-hybridized carbons (Fsp3) is 0.588. The van der Waals surface area contributed by atoms with Gasteiger partial charge in [0.05, 0.1) is 6.04 Å². The predicted octanol–water partition coefficient (Wildman–Crippen LogP) is 2.60. The minimum atomic E-state index is -0.427. The molecule has 3 N–H and O–H groups in total. The van der Waals surface area contributed by atoms with Crippen molar-refractivity contribution in [2.75, 3.05) is 13.2 Å². The Labute approximate surface area is 139 Å². The summed E-state index contributed by atoms with van der Waals surface area (Å²) in [6.45, 7) is 6.30. The third-order valence-corrected chi connectivity index (χ3v) is 4.19. The summed E-state index contributed by atoms with van der Waals surface area (Å²) in [7, 11) is 0. The Morgan fingerprint density at radius 1 is 1.27 bits per heavy atom. The molecule has 4 nitrogen and oxygen atoms in total. The highest BCUT2D eigenvalue weighted by Crippen LogP contribution is 2.18. The number of hydrogen-bond acceptors (Lipinski definition) is 3. The number of nitrogens with one attached hydrogen (secondary N) is 1. The highest BCUT2D eigenvalue weighted by atomic mass is 35.5. The molecule has 1 amide bonds. The van der Waals surface area contributed by atoms with Gasteiger partial charge < -0.3 is 15.8 Å². The molecule has 1 atom stereocenters. The lowest BCUT2D eigenvalue weighted by Crippen LogP contribution is -2.46. The van der Waals surface area contributed by atoms with E-state index in [-0.39, 0.29) is 24.2 Å². The number of ether oxygens (including phenoxy) is 1. The molecule has 1 fully saturated rings. The average Bonchev–Trinajstić information content (AvgIpc) is 2.53. The highest BCUT2D eigenvalue weighted by Gasteiger charge is 2.26. The van der Waals surface area contributed by atoms with Gasteiger partial charge in [-0.15, -0.1) is 12.4 Å². The molecule has 0 saturated carbocycles. The summed E-state index contributed by atoms with van der Waals surface area (Å²) in [5, 5.41) is 2.94. The topological polar surface area (TPSA) is 64.4 Å². The molecular weight excluding hydrogens is 300 g/mol. The van der Waals surface area contributed by atoms with Gasteiger partial charge >= 0.3 is 0 Å². The van der Waals surface area contributed by atoms with Crippen LogP contribution in [0.2, 0.25) is 0 Å². The smallest absolute Gasteiger partial charge is 0.237 e.